The Bertz CT molecular complexity index is 533. The van der Waals surface area contributed by atoms with Crippen LogP contribution in [0.2, 0.25) is 10.0 Å². The van der Waals surface area contributed by atoms with E-state index in [9.17, 15) is 10.2 Å². The molecule has 0 spiro atoms. The Morgan fingerprint density at radius 2 is 1.21 bits per heavy atom. The summed E-state index contributed by atoms with van der Waals surface area (Å²) in [5, 5.41) is 19.2. The molecule has 0 aliphatic rings. The lowest BCUT2D eigenvalue weighted by molar-refractivity contribution is 0.107. The van der Waals surface area contributed by atoms with E-state index < -0.39 is 0 Å². The maximum Gasteiger partial charge on any atom is 0.134 e. The van der Waals surface area contributed by atoms with E-state index in [-0.39, 0.29) is 11.5 Å². The molecule has 100 valence electrons. The molecule has 2 aromatic carbocycles. The minimum atomic E-state index is 0.0516. The van der Waals surface area contributed by atoms with Crippen molar-refractivity contribution in [2.45, 2.75) is 13.2 Å². The first-order chi connectivity index (χ1) is 9.06. The summed E-state index contributed by atoms with van der Waals surface area (Å²) in [5.41, 5.74) is 1.74. The quantitative estimate of drug-likeness (QED) is 0.892. The summed E-state index contributed by atoms with van der Waals surface area (Å²) in [7, 11) is 0. The molecular weight excluding hydrogens is 287 g/mol. The van der Waals surface area contributed by atoms with E-state index in [4.69, 9.17) is 27.9 Å². The van der Waals surface area contributed by atoms with Crippen LogP contribution in [0.5, 0.6) is 11.5 Å². The molecule has 0 aliphatic carbocycles. The van der Waals surface area contributed by atoms with E-state index in [0.29, 0.717) is 23.3 Å². The number of halogens is 2. The Kier molecular flexibility index (Phi) is 4.53. The first-order valence-electron chi connectivity index (χ1n) is 5.59. The molecule has 0 amide bonds. The van der Waals surface area contributed by atoms with Gasteiger partial charge in [-0.15, -0.1) is 0 Å². The van der Waals surface area contributed by atoms with Crippen molar-refractivity contribution in [2.75, 3.05) is 0 Å². The number of phenolic OH excluding ortho intramolecular Hbond substituents is 2. The lowest BCUT2D eigenvalue weighted by Crippen LogP contribution is -1.94. The molecule has 0 saturated carbocycles. The van der Waals surface area contributed by atoms with E-state index in [2.05, 4.69) is 0 Å². The van der Waals surface area contributed by atoms with Crippen molar-refractivity contribution in [1.82, 2.24) is 0 Å². The first-order valence-corrected chi connectivity index (χ1v) is 6.34. The Hall–Kier alpha value is -1.42. The third-order valence-electron chi connectivity index (χ3n) is 2.56. The smallest absolute Gasteiger partial charge is 0.134 e. The summed E-state index contributed by atoms with van der Waals surface area (Å²) in [5.74, 6) is 0.103. The van der Waals surface area contributed by atoms with Crippen molar-refractivity contribution >= 4 is 23.2 Å². The van der Waals surface area contributed by atoms with Crippen LogP contribution in [0.15, 0.2) is 36.4 Å². The maximum absolute atomic E-state index is 9.29. The number of benzene rings is 2. The normalized spacial score (nSPS) is 10.6. The Labute approximate surface area is 121 Å². The molecule has 0 unspecified atom stereocenters. The average Bonchev–Trinajstić information content (AvgIpc) is 2.38. The van der Waals surface area contributed by atoms with Crippen LogP contribution in [0.1, 0.15) is 11.1 Å². The van der Waals surface area contributed by atoms with Gasteiger partial charge in [-0.05, 0) is 35.4 Å². The summed E-state index contributed by atoms with van der Waals surface area (Å²) >= 11 is 11.6. The van der Waals surface area contributed by atoms with Crippen LogP contribution in [0.25, 0.3) is 0 Å². The highest BCUT2D eigenvalue weighted by Crippen LogP contribution is 2.25. The maximum atomic E-state index is 9.29. The number of aromatic hydroxyl groups is 2. The fourth-order valence-corrected chi connectivity index (χ4v) is 1.97. The topological polar surface area (TPSA) is 49.7 Å². The second-order valence-corrected chi connectivity index (χ2v) is 4.88. The zero-order valence-electron chi connectivity index (χ0n) is 9.94. The first kappa shape index (κ1) is 14.0. The van der Waals surface area contributed by atoms with Crippen molar-refractivity contribution in [3.63, 3.8) is 0 Å². The Morgan fingerprint density at radius 1 is 0.789 bits per heavy atom. The minimum Gasteiger partial charge on any atom is -0.506 e. The molecule has 0 radical (unpaired) electrons. The summed E-state index contributed by atoms with van der Waals surface area (Å²) in [6.07, 6.45) is 0. The molecule has 2 rings (SSSR count). The third kappa shape index (κ3) is 3.77. The van der Waals surface area contributed by atoms with Gasteiger partial charge < -0.3 is 14.9 Å². The van der Waals surface area contributed by atoms with Gasteiger partial charge in [-0.3, -0.25) is 0 Å². The van der Waals surface area contributed by atoms with Gasteiger partial charge in [0.2, 0.25) is 0 Å². The molecule has 0 atom stereocenters. The van der Waals surface area contributed by atoms with E-state index in [0.717, 1.165) is 11.1 Å². The van der Waals surface area contributed by atoms with Gasteiger partial charge in [0, 0.05) is 0 Å². The van der Waals surface area contributed by atoms with Gasteiger partial charge in [0.15, 0.2) is 0 Å². The lowest BCUT2D eigenvalue weighted by atomic mass is 10.2. The van der Waals surface area contributed by atoms with Crippen molar-refractivity contribution < 1.29 is 14.9 Å². The van der Waals surface area contributed by atoms with Gasteiger partial charge in [0.05, 0.1) is 23.3 Å². The summed E-state index contributed by atoms with van der Waals surface area (Å²) in [4.78, 5) is 0. The number of ether oxygens (including phenoxy) is 1. The highest BCUT2D eigenvalue weighted by Gasteiger charge is 2.02. The zero-order valence-corrected chi connectivity index (χ0v) is 11.4. The van der Waals surface area contributed by atoms with Gasteiger partial charge in [0.25, 0.3) is 0 Å². The lowest BCUT2D eigenvalue weighted by Gasteiger charge is -2.06. The molecule has 0 fully saturated rings. The number of hydrogen-bond acceptors (Lipinski definition) is 3. The second-order valence-electron chi connectivity index (χ2n) is 4.06. The number of phenols is 2. The van der Waals surface area contributed by atoms with Crippen LogP contribution in [-0.2, 0) is 18.0 Å². The highest BCUT2D eigenvalue weighted by atomic mass is 35.5. The Balaban J connectivity index is 1.92. The van der Waals surface area contributed by atoms with Crippen molar-refractivity contribution in [3.8, 4) is 11.5 Å². The molecule has 0 aromatic heterocycles. The fourth-order valence-electron chi connectivity index (χ4n) is 1.57. The SMILES string of the molecule is Oc1ccc(COCc2ccc(O)c(Cl)c2)cc1Cl. The van der Waals surface area contributed by atoms with Crippen LogP contribution in [0.3, 0.4) is 0 Å². The molecule has 19 heavy (non-hydrogen) atoms. The molecule has 0 bridgehead atoms. The monoisotopic (exact) mass is 298 g/mol. The summed E-state index contributed by atoms with van der Waals surface area (Å²) in [6, 6.07) is 9.84. The van der Waals surface area contributed by atoms with E-state index in [1.165, 1.54) is 12.1 Å². The molecule has 3 nitrogen and oxygen atoms in total. The van der Waals surface area contributed by atoms with Crippen molar-refractivity contribution in [2.24, 2.45) is 0 Å². The van der Waals surface area contributed by atoms with Gasteiger partial charge in [-0.25, -0.2) is 0 Å². The van der Waals surface area contributed by atoms with Crippen LogP contribution in [-0.4, -0.2) is 10.2 Å². The van der Waals surface area contributed by atoms with Crippen molar-refractivity contribution in [3.05, 3.63) is 57.6 Å². The molecule has 0 saturated heterocycles. The molecule has 0 heterocycles. The summed E-state index contributed by atoms with van der Waals surface area (Å²) < 4.78 is 5.51. The largest absolute Gasteiger partial charge is 0.506 e. The summed E-state index contributed by atoms with van der Waals surface area (Å²) in [6.45, 7) is 0.747. The highest BCUT2D eigenvalue weighted by molar-refractivity contribution is 6.32. The molecular formula is C14H12Cl2O3. The molecule has 0 aliphatic heterocycles. The second kappa shape index (κ2) is 6.15. The van der Waals surface area contributed by atoms with Crippen LogP contribution in [0, 0.1) is 0 Å². The van der Waals surface area contributed by atoms with E-state index >= 15 is 0 Å². The van der Waals surface area contributed by atoms with Gasteiger partial charge in [0.1, 0.15) is 11.5 Å². The number of rotatable bonds is 4. The Morgan fingerprint density at radius 3 is 1.58 bits per heavy atom. The molecule has 2 N–H and O–H groups in total. The minimum absolute atomic E-state index is 0.0516. The van der Waals surface area contributed by atoms with Crippen LogP contribution < -0.4 is 0 Å². The number of hydrogen-bond donors (Lipinski definition) is 2. The average molecular weight is 299 g/mol. The van der Waals surface area contributed by atoms with E-state index in [1.54, 1.807) is 24.3 Å². The third-order valence-corrected chi connectivity index (χ3v) is 3.17. The van der Waals surface area contributed by atoms with E-state index in [1.807, 2.05) is 0 Å². The van der Waals surface area contributed by atoms with Crippen LogP contribution in [0.4, 0.5) is 0 Å². The predicted molar refractivity (Wildman–Crippen MR) is 74.7 cm³/mol. The standard InChI is InChI=1S/C14H12Cl2O3/c15-11-5-9(1-3-13(11)17)7-19-8-10-2-4-14(18)12(16)6-10/h1-6,17-18H,7-8H2. The van der Waals surface area contributed by atoms with Crippen molar-refractivity contribution in [1.29, 1.82) is 0 Å². The zero-order chi connectivity index (χ0) is 13.8. The van der Waals surface area contributed by atoms with Gasteiger partial charge >= 0.3 is 0 Å². The van der Waals surface area contributed by atoms with Crippen LogP contribution >= 0.6 is 23.2 Å². The van der Waals surface area contributed by atoms with Gasteiger partial charge in [-0.2, -0.15) is 0 Å². The molecule has 5 heteroatoms. The predicted octanol–water partition coefficient (Wildman–Crippen LogP) is 4.12. The fraction of sp³-hybridized carbons (Fsp3) is 0.143. The van der Waals surface area contributed by atoms with Gasteiger partial charge in [-0.1, -0.05) is 35.3 Å². The molecule has 2 aromatic rings.